The third-order valence-corrected chi connectivity index (χ3v) is 8.85. The van der Waals surface area contributed by atoms with Crippen molar-refractivity contribution in [1.29, 1.82) is 0 Å². The highest BCUT2D eigenvalue weighted by Crippen LogP contribution is 2.54. The van der Waals surface area contributed by atoms with Crippen LogP contribution in [0.25, 0.3) is 0 Å². The molecule has 1 saturated heterocycles. The largest absolute Gasteiger partial charge is 0.466 e. The first-order chi connectivity index (χ1) is 10.7. The van der Waals surface area contributed by atoms with Gasteiger partial charge in [0.2, 0.25) is 0 Å². The summed E-state index contributed by atoms with van der Waals surface area (Å²) in [6, 6.07) is 0. The van der Waals surface area contributed by atoms with Crippen LogP contribution in [0.3, 0.4) is 0 Å². The Hall–Kier alpha value is 0.170. The lowest BCUT2D eigenvalue weighted by Gasteiger charge is -2.43. The van der Waals surface area contributed by atoms with Gasteiger partial charge in [-0.15, -0.1) is 23.5 Å². The van der Waals surface area contributed by atoms with E-state index in [0.29, 0.717) is 10.7 Å². The van der Waals surface area contributed by atoms with E-state index >= 15 is 0 Å². The summed E-state index contributed by atoms with van der Waals surface area (Å²) in [5, 5.41) is 0. The Labute approximate surface area is 144 Å². The number of hydrogen-bond donors (Lipinski definition) is 0. The monoisotopic (exact) mass is 344 g/mol. The highest BCUT2D eigenvalue weighted by atomic mass is 32.2. The Morgan fingerprint density at radius 1 is 1.09 bits per heavy atom. The maximum absolute atomic E-state index is 11.9. The molecule has 1 spiro atoms. The quantitative estimate of drug-likeness (QED) is 0.450. The third kappa shape index (κ3) is 5.36. The van der Waals surface area contributed by atoms with Crippen LogP contribution < -0.4 is 0 Å². The lowest BCUT2D eigenvalue weighted by molar-refractivity contribution is -0.149. The molecule has 0 amide bonds. The molecule has 1 saturated carbocycles. The van der Waals surface area contributed by atoms with Gasteiger partial charge in [0.15, 0.2) is 0 Å². The Morgan fingerprint density at radius 3 is 2.36 bits per heavy atom. The molecule has 22 heavy (non-hydrogen) atoms. The number of ether oxygens (including phenoxy) is 1. The van der Waals surface area contributed by atoms with Gasteiger partial charge in [-0.25, -0.2) is 0 Å². The van der Waals surface area contributed by atoms with E-state index < -0.39 is 0 Å². The first-order valence-electron chi connectivity index (χ1n) is 9.13. The second-order valence-corrected chi connectivity index (χ2v) is 9.84. The molecular weight excluding hydrogens is 312 g/mol. The molecule has 0 aromatic heterocycles. The first kappa shape index (κ1) is 18.5. The minimum atomic E-state index is 0.0389. The van der Waals surface area contributed by atoms with E-state index in [1.54, 1.807) is 0 Å². The van der Waals surface area contributed by atoms with E-state index in [9.17, 15) is 4.79 Å². The summed E-state index contributed by atoms with van der Waals surface area (Å²) >= 11 is 4.39. The molecule has 2 nitrogen and oxygen atoms in total. The first-order valence-corrected chi connectivity index (χ1v) is 11.1. The average Bonchev–Trinajstić information content (AvgIpc) is 2.54. The normalized spacial score (nSPS) is 32.1. The summed E-state index contributed by atoms with van der Waals surface area (Å²) in [6.07, 6.45) is 11.4. The van der Waals surface area contributed by atoms with E-state index in [-0.39, 0.29) is 11.9 Å². The number of esters is 1. The van der Waals surface area contributed by atoms with Gasteiger partial charge in [0, 0.05) is 0 Å². The van der Waals surface area contributed by atoms with Gasteiger partial charge in [0.05, 0.1) is 16.6 Å². The van der Waals surface area contributed by atoms with E-state index in [1.807, 2.05) is 6.92 Å². The van der Waals surface area contributed by atoms with Gasteiger partial charge in [-0.1, -0.05) is 32.6 Å². The molecule has 1 aliphatic heterocycles. The fourth-order valence-corrected chi connectivity index (χ4v) is 7.09. The van der Waals surface area contributed by atoms with Crippen molar-refractivity contribution in [1.82, 2.24) is 0 Å². The average molecular weight is 345 g/mol. The molecule has 0 radical (unpaired) electrons. The van der Waals surface area contributed by atoms with Crippen LogP contribution in [0.1, 0.15) is 71.6 Å². The lowest BCUT2D eigenvalue weighted by atomic mass is 9.88. The number of rotatable bonds is 7. The minimum absolute atomic E-state index is 0.0389. The smallest absolute Gasteiger partial charge is 0.308 e. The molecule has 4 heteroatoms. The minimum Gasteiger partial charge on any atom is -0.466 e. The van der Waals surface area contributed by atoms with Crippen molar-refractivity contribution in [3.05, 3.63) is 0 Å². The van der Waals surface area contributed by atoms with Crippen molar-refractivity contribution < 1.29 is 9.53 Å². The topological polar surface area (TPSA) is 26.3 Å². The molecule has 128 valence electrons. The van der Waals surface area contributed by atoms with Crippen LogP contribution >= 0.6 is 23.5 Å². The van der Waals surface area contributed by atoms with Crippen LogP contribution in [-0.2, 0) is 9.53 Å². The highest BCUT2D eigenvalue weighted by molar-refractivity contribution is 8.18. The van der Waals surface area contributed by atoms with Gasteiger partial charge in [-0.2, -0.15) is 0 Å². The Kier molecular flexibility index (Phi) is 7.96. The predicted octanol–water partition coefficient (Wildman–Crippen LogP) is 5.50. The van der Waals surface area contributed by atoms with Crippen LogP contribution in [0.4, 0.5) is 0 Å². The molecular formula is C18H32O2S2. The van der Waals surface area contributed by atoms with Crippen LogP contribution in [0.15, 0.2) is 0 Å². The van der Waals surface area contributed by atoms with Gasteiger partial charge < -0.3 is 4.74 Å². The molecule has 0 atom stereocenters. The summed E-state index contributed by atoms with van der Waals surface area (Å²) < 4.78 is 5.61. The SMILES string of the molecule is CCCCCCC1CSC2(CCC(C(=O)OCC)CC2)SC1. The zero-order valence-corrected chi connectivity index (χ0v) is 15.9. The van der Waals surface area contributed by atoms with Gasteiger partial charge >= 0.3 is 5.97 Å². The molecule has 2 aliphatic rings. The summed E-state index contributed by atoms with van der Waals surface area (Å²) in [5.74, 6) is 3.79. The van der Waals surface area contributed by atoms with E-state index in [0.717, 1.165) is 18.8 Å². The van der Waals surface area contributed by atoms with Gasteiger partial charge in [-0.05, 0) is 56.5 Å². The van der Waals surface area contributed by atoms with Gasteiger partial charge in [-0.3, -0.25) is 4.79 Å². The third-order valence-electron chi connectivity index (χ3n) is 5.00. The molecule has 0 unspecified atom stereocenters. The standard InChI is InChI=1S/C18H32O2S2/c1-3-5-6-7-8-15-13-21-18(22-14-15)11-9-16(10-12-18)17(19)20-4-2/h15-16H,3-14H2,1-2H3. The number of carbonyl (C=O) groups is 1. The highest BCUT2D eigenvalue weighted by Gasteiger charge is 2.41. The van der Waals surface area contributed by atoms with Crippen LogP contribution in [0.5, 0.6) is 0 Å². The number of hydrogen-bond acceptors (Lipinski definition) is 4. The van der Waals surface area contributed by atoms with E-state index in [4.69, 9.17) is 4.74 Å². The molecule has 2 rings (SSSR count). The predicted molar refractivity (Wildman–Crippen MR) is 98.5 cm³/mol. The summed E-state index contributed by atoms with van der Waals surface area (Å²) in [5.41, 5.74) is 0. The zero-order chi connectivity index (χ0) is 15.8. The Bertz CT molecular complexity index is 328. The maximum atomic E-state index is 11.9. The van der Waals surface area contributed by atoms with E-state index in [2.05, 4.69) is 30.4 Å². The summed E-state index contributed by atoms with van der Waals surface area (Å²) in [6.45, 7) is 4.70. The summed E-state index contributed by atoms with van der Waals surface area (Å²) in [4.78, 5) is 11.9. The molecule has 0 N–H and O–H groups in total. The van der Waals surface area contributed by atoms with Crippen molar-refractivity contribution in [2.75, 3.05) is 18.1 Å². The number of unbranched alkanes of at least 4 members (excludes halogenated alkanes) is 3. The fraction of sp³-hybridized carbons (Fsp3) is 0.944. The Balaban J connectivity index is 1.67. The van der Waals surface area contributed by atoms with Crippen LogP contribution in [-0.4, -0.2) is 28.2 Å². The lowest BCUT2D eigenvalue weighted by Crippen LogP contribution is -2.35. The van der Waals surface area contributed by atoms with Crippen molar-refractivity contribution in [3.8, 4) is 0 Å². The van der Waals surface area contributed by atoms with Crippen molar-refractivity contribution in [3.63, 3.8) is 0 Å². The summed E-state index contributed by atoms with van der Waals surface area (Å²) in [7, 11) is 0. The maximum Gasteiger partial charge on any atom is 0.308 e. The second kappa shape index (κ2) is 9.46. The van der Waals surface area contributed by atoms with Crippen LogP contribution in [0.2, 0.25) is 0 Å². The fourth-order valence-electron chi connectivity index (χ4n) is 3.50. The molecule has 0 aromatic rings. The van der Waals surface area contributed by atoms with Crippen molar-refractivity contribution >= 4 is 29.5 Å². The van der Waals surface area contributed by atoms with E-state index in [1.165, 1.54) is 56.5 Å². The zero-order valence-electron chi connectivity index (χ0n) is 14.3. The Morgan fingerprint density at radius 2 is 1.77 bits per heavy atom. The van der Waals surface area contributed by atoms with Gasteiger partial charge in [0.1, 0.15) is 0 Å². The van der Waals surface area contributed by atoms with Crippen molar-refractivity contribution in [2.24, 2.45) is 11.8 Å². The van der Waals surface area contributed by atoms with Gasteiger partial charge in [0.25, 0.3) is 0 Å². The second-order valence-electron chi connectivity index (χ2n) is 6.77. The van der Waals surface area contributed by atoms with Crippen LogP contribution in [0, 0.1) is 11.8 Å². The molecule has 0 bridgehead atoms. The number of thioether (sulfide) groups is 2. The molecule has 0 aromatic carbocycles. The number of carbonyl (C=O) groups excluding carboxylic acids is 1. The molecule has 1 heterocycles. The molecule has 1 aliphatic carbocycles. The van der Waals surface area contributed by atoms with Crippen molar-refractivity contribution in [2.45, 2.75) is 75.7 Å². The molecule has 2 fully saturated rings.